The Morgan fingerprint density at radius 2 is 1.56 bits per heavy atom. The van der Waals surface area contributed by atoms with Crippen molar-refractivity contribution in [1.82, 2.24) is 9.80 Å². The molecule has 0 radical (unpaired) electrons. The van der Waals surface area contributed by atoms with Crippen LogP contribution in [0.2, 0.25) is 5.02 Å². The van der Waals surface area contributed by atoms with Gasteiger partial charge in [0.2, 0.25) is 0 Å². The second kappa shape index (κ2) is 13.7. The Balaban J connectivity index is 1.20. The van der Waals surface area contributed by atoms with Crippen molar-refractivity contribution in [3.63, 3.8) is 0 Å². The van der Waals surface area contributed by atoms with Crippen LogP contribution < -0.4 is 19.7 Å². The SMILES string of the molecule is COc1ccc(NC(=O)N2CC[C@@H](OC(=O)c3cccc4ccccc34)[C@H](N3CCN(c4ccccc4OC)CC3)C2)cc1Cl. The first kappa shape index (κ1) is 30.6. The summed E-state index contributed by atoms with van der Waals surface area (Å²) in [6, 6.07) is 26.3. The Labute approximate surface area is 268 Å². The van der Waals surface area contributed by atoms with Crippen molar-refractivity contribution in [1.29, 1.82) is 0 Å². The van der Waals surface area contributed by atoms with Crippen LogP contribution in [0.3, 0.4) is 0 Å². The summed E-state index contributed by atoms with van der Waals surface area (Å²) in [5.74, 6) is 1.03. The van der Waals surface area contributed by atoms with Crippen LogP contribution in [0.1, 0.15) is 16.8 Å². The number of anilines is 2. The summed E-state index contributed by atoms with van der Waals surface area (Å²) in [5.41, 5.74) is 2.18. The highest BCUT2D eigenvalue weighted by Gasteiger charge is 2.39. The van der Waals surface area contributed by atoms with Crippen LogP contribution in [0.4, 0.5) is 16.2 Å². The van der Waals surface area contributed by atoms with E-state index in [0.29, 0.717) is 41.5 Å². The van der Waals surface area contributed by atoms with Gasteiger partial charge in [-0.25, -0.2) is 9.59 Å². The van der Waals surface area contributed by atoms with E-state index in [4.69, 9.17) is 25.8 Å². The first-order chi connectivity index (χ1) is 21.9. The smallest absolute Gasteiger partial charge is 0.339 e. The fourth-order valence-electron chi connectivity index (χ4n) is 6.32. The quantitative estimate of drug-likeness (QED) is 0.245. The van der Waals surface area contributed by atoms with Crippen LogP contribution in [0.5, 0.6) is 11.5 Å². The van der Waals surface area contributed by atoms with Crippen molar-refractivity contribution in [2.75, 3.05) is 63.7 Å². The molecule has 234 valence electrons. The average molecular weight is 629 g/mol. The maximum atomic E-state index is 13.6. The lowest BCUT2D eigenvalue weighted by Gasteiger charge is -2.46. The van der Waals surface area contributed by atoms with Crippen LogP contribution in [-0.2, 0) is 4.74 Å². The summed E-state index contributed by atoms with van der Waals surface area (Å²) in [7, 11) is 3.23. The second-order valence-electron chi connectivity index (χ2n) is 11.2. The Morgan fingerprint density at radius 3 is 2.33 bits per heavy atom. The first-order valence-electron chi connectivity index (χ1n) is 15.2. The highest BCUT2D eigenvalue weighted by Crippen LogP contribution is 2.31. The summed E-state index contributed by atoms with van der Waals surface area (Å²) in [4.78, 5) is 33.5. The molecule has 2 fully saturated rings. The number of piperidine rings is 1. The van der Waals surface area contributed by atoms with Crippen molar-refractivity contribution < 1.29 is 23.8 Å². The highest BCUT2D eigenvalue weighted by atomic mass is 35.5. The molecule has 9 nitrogen and oxygen atoms in total. The van der Waals surface area contributed by atoms with Gasteiger partial charge in [0.25, 0.3) is 0 Å². The predicted molar refractivity (Wildman–Crippen MR) is 177 cm³/mol. The molecule has 0 aliphatic carbocycles. The molecule has 0 saturated carbocycles. The number of para-hydroxylation sites is 2. The molecule has 4 aromatic carbocycles. The average Bonchev–Trinajstić information content (AvgIpc) is 3.08. The number of amides is 2. The molecule has 1 N–H and O–H groups in total. The Bertz CT molecular complexity index is 1670. The third-order valence-electron chi connectivity index (χ3n) is 8.69. The van der Waals surface area contributed by atoms with Crippen molar-refractivity contribution in [3.8, 4) is 11.5 Å². The van der Waals surface area contributed by atoms with E-state index >= 15 is 0 Å². The highest BCUT2D eigenvalue weighted by molar-refractivity contribution is 6.32. The van der Waals surface area contributed by atoms with Gasteiger partial charge >= 0.3 is 12.0 Å². The number of hydrogen-bond acceptors (Lipinski definition) is 7. The van der Waals surface area contributed by atoms with Crippen molar-refractivity contribution in [2.45, 2.75) is 18.6 Å². The molecule has 6 rings (SSSR count). The fourth-order valence-corrected chi connectivity index (χ4v) is 6.58. The number of hydrogen-bond donors (Lipinski definition) is 1. The number of nitrogens with zero attached hydrogens (tertiary/aromatic N) is 3. The zero-order chi connectivity index (χ0) is 31.3. The lowest BCUT2D eigenvalue weighted by Crippen LogP contribution is -2.61. The maximum Gasteiger partial charge on any atom is 0.339 e. The molecule has 0 unspecified atom stereocenters. The molecule has 45 heavy (non-hydrogen) atoms. The third kappa shape index (κ3) is 6.65. The van der Waals surface area contributed by atoms with Gasteiger partial charge in [-0.1, -0.05) is 60.1 Å². The lowest BCUT2D eigenvalue weighted by atomic mass is 9.99. The van der Waals surface area contributed by atoms with Gasteiger partial charge in [0.1, 0.15) is 17.6 Å². The van der Waals surface area contributed by atoms with Gasteiger partial charge in [-0.3, -0.25) is 4.90 Å². The van der Waals surface area contributed by atoms with E-state index in [2.05, 4.69) is 21.2 Å². The van der Waals surface area contributed by atoms with E-state index in [1.807, 2.05) is 60.7 Å². The van der Waals surface area contributed by atoms with Crippen molar-refractivity contribution in [3.05, 3.63) is 95.5 Å². The summed E-state index contributed by atoms with van der Waals surface area (Å²) < 4.78 is 17.1. The first-order valence-corrected chi connectivity index (χ1v) is 15.5. The number of carbonyl (C=O) groups excluding carboxylic acids is 2. The van der Waals surface area contributed by atoms with E-state index in [1.165, 1.54) is 0 Å². The van der Waals surface area contributed by atoms with E-state index in [-0.39, 0.29) is 24.1 Å². The zero-order valence-electron chi connectivity index (χ0n) is 25.4. The molecule has 0 spiro atoms. The number of fused-ring (bicyclic) bond motifs is 1. The molecule has 2 saturated heterocycles. The van der Waals surface area contributed by atoms with E-state index in [1.54, 1.807) is 37.3 Å². The maximum absolute atomic E-state index is 13.6. The minimum Gasteiger partial charge on any atom is -0.495 e. The molecular weight excluding hydrogens is 592 g/mol. The number of methoxy groups -OCH3 is 2. The van der Waals surface area contributed by atoms with Gasteiger partial charge in [0.15, 0.2) is 0 Å². The number of benzene rings is 4. The van der Waals surface area contributed by atoms with Gasteiger partial charge in [-0.2, -0.15) is 0 Å². The van der Waals surface area contributed by atoms with Crippen LogP contribution in [0.25, 0.3) is 10.8 Å². The Morgan fingerprint density at radius 1 is 0.822 bits per heavy atom. The molecule has 0 bridgehead atoms. The van der Waals surface area contributed by atoms with Gasteiger partial charge in [-0.15, -0.1) is 0 Å². The molecule has 2 aliphatic heterocycles. The number of likely N-dealkylation sites (tertiary alicyclic amines) is 1. The van der Waals surface area contributed by atoms with E-state index < -0.39 is 0 Å². The number of nitrogens with one attached hydrogen (secondary N) is 1. The molecule has 2 aliphatic rings. The van der Waals surface area contributed by atoms with Crippen LogP contribution in [-0.4, -0.2) is 87.4 Å². The topological polar surface area (TPSA) is 83.6 Å². The summed E-state index contributed by atoms with van der Waals surface area (Å²) in [5, 5.41) is 5.24. The fraction of sp³-hybridized carbons (Fsp3) is 0.314. The Hall–Kier alpha value is -4.47. The summed E-state index contributed by atoms with van der Waals surface area (Å²) >= 11 is 6.30. The molecule has 4 aromatic rings. The monoisotopic (exact) mass is 628 g/mol. The number of halogens is 1. The van der Waals surface area contributed by atoms with Gasteiger partial charge in [0.05, 0.1) is 36.5 Å². The molecule has 2 atom stereocenters. The Kier molecular flexibility index (Phi) is 9.28. The van der Waals surface area contributed by atoms with E-state index in [9.17, 15) is 9.59 Å². The number of rotatable bonds is 7. The number of esters is 1. The minimum atomic E-state index is -0.381. The molecule has 2 heterocycles. The van der Waals surface area contributed by atoms with Gasteiger partial charge in [0, 0.05) is 51.4 Å². The number of urea groups is 1. The van der Waals surface area contributed by atoms with Gasteiger partial charge in [-0.05, 0) is 47.2 Å². The molecule has 2 amide bonds. The zero-order valence-corrected chi connectivity index (χ0v) is 26.2. The third-order valence-corrected chi connectivity index (χ3v) is 8.98. The number of piperazine rings is 1. The van der Waals surface area contributed by atoms with Crippen LogP contribution in [0, 0.1) is 0 Å². The summed E-state index contributed by atoms with van der Waals surface area (Å²) in [6.45, 7) is 3.90. The lowest BCUT2D eigenvalue weighted by molar-refractivity contribution is -0.0289. The van der Waals surface area contributed by atoms with Crippen molar-refractivity contribution in [2.24, 2.45) is 0 Å². The normalized spacial score (nSPS) is 18.8. The predicted octanol–water partition coefficient (Wildman–Crippen LogP) is 6.16. The molecule has 0 aromatic heterocycles. The van der Waals surface area contributed by atoms with Gasteiger partial charge < -0.3 is 29.3 Å². The number of ether oxygens (including phenoxy) is 3. The standard InChI is InChI=1S/C35H37ClN4O5/c1-43-31-15-14-25(22-28(31)36)37-35(42)40-17-16-33(45-34(41)27-11-7-9-24-8-3-4-10-26(24)27)30(23-40)39-20-18-38(19-21-39)29-12-5-6-13-32(29)44-2/h3-15,22,30,33H,16-21,23H2,1-2H3,(H,37,42)/t30-,33-/m1/s1. The minimum absolute atomic E-state index is 0.178. The van der Waals surface area contributed by atoms with Crippen LogP contribution in [0.15, 0.2) is 84.9 Å². The van der Waals surface area contributed by atoms with Crippen LogP contribution >= 0.6 is 11.6 Å². The molecule has 10 heteroatoms. The largest absolute Gasteiger partial charge is 0.495 e. The summed E-state index contributed by atoms with van der Waals surface area (Å²) in [6.07, 6.45) is 0.138. The number of carbonyl (C=O) groups is 2. The second-order valence-corrected chi connectivity index (χ2v) is 11.7. The molecular formula is C35H37ClN4O5. The van der Waals surface area contributed by atoms with Crippen molar-refractivity contribution >= 4 is 45.7 Å². The van der Waals surface area contributed by atoms with E-state index in [0.717, 1.165) is 48.4 Å².